The van der Waals surface area contributed by atoms with Crippen LogP contribution in [-0.2, 0) is 22.0 Å². The van der Waals surface area contributed by atoms with Gasteiger partial charge in [0.05, 0.1) is 5.60 Å². The van der Waals surface area contributed by atoms with Crippen LogP contribution in [0.2, 0.25) is 0 Å². The van der Waals surface area contributed by atoms with E-state index in [0.717, 1.165) is 12.1 Å². The van der Waals surface area contributed by atoms with Crippen LogP contribution in [0.5, 0.6) is 0 Å². The quantitative estimate of drug-likeness (QED) is 0.527. The van der Waals surface area contributed by atoms with Gasteiger partial charge in [-0.3, -0.25) is 5.43 Å². The van der Waals surface area contributed by atoms with E-state index in [0.29, 0.717) is 18.4 Å². The van der Waals surface area contributed by atoms with E-state index in [-0.39, 0.29) is 43.1 Å². The molecular formula is C26H32F2N4O4S. The molecule has 0 radical (unpaired) electrons. The van der Waals surface area contributed by atoms with Gasteiger partial charge >= 0.3 is 0 Å². The number of sulfonamides is 1. The van der Waals surface area contributed by atoms with E-state index < -0.39 is 44.3 Å². The summed E-state index contributed by atoms with van der Waals surface area (Å²) in [5.74, 6) is -1.38. The van der Waals surface area contributed by atoms with Crippen LogP contribution in [0.4, 0.5) is 8.78 Å². The average molecular weight is 535 g/mol. The molecule has 0 aromatic heterocycles. The van der Waals surface area contributed by atoms with E-state index in [9.17, 15) is 18.6 Å². The van der Waals surface area contributed by atoms with Gasteiger partial charge in [-0.1, -0.05) is 30.3 Å². The summed E-state index contributed by atoms with van der Waals surface area (Å²) < 4.78 is 59.5. The number of hydrazone groups is 1. The number of nitrogens with zero attached hydrogens (tertiary/aromatic N) is 3. The van der Waals surface area contributed by atoms with Gasteiger partial charge < -0.3 is 15.1 Å². The van der Waals surface area contributed by atoms with Gasteiger partial charge in [0, 0.05) is 30.1 Å². The molecule has 5 rings (SSSR count). The maximum Gasteiger partial charge on any atom is 0.221 e. The molecular weight excluding hydrogens is 502 g/mol. The van der Waals surface area contributed by atoms with Gasteiger partial charge in [-0.05, 0) is 62.8 Å². The Morgan fingerprint density at radius 2 is 1.84 bits per heavy atom. The highest BCUT2D eigenvalue weighted by Crippen LogP contribution is 2.52. The predicted octanol–water partition coefficient (Wildman–Crippen LogP) is 2.93. The lowest BCUT2D eigenvalue weighted by Gasteiger charge is -2.53. The molecule has 2 aromatic rings. The van der Waals surface area contributed by atoms with Crippen molar-refractivity contribution >= 4 is 16.4 Å². The third-order valence-electron chi connectivity index (χ3n) is 7.86. The topological polar surface area (TPSA) is 105 Å². The van der Waals surface area contributed by atoms with E-state index in [1.54, 1.807) is 38.1 Å². The second-order valence-corrected chi connectivity index (χ2v) is 13.0. The zero-order valence-corrected chi connectivity index (χ0v) is 21.6. The van der Waals surface area contributed by atoms with Crippen molar-refractivity contribution in [1.82, 2.24) is 14.6 Å². The molecule has 3 N–H and O–H groups in total. The molecule has 0 bridgehead atoms. The van der Waals surface area contributed by atoms with Crippen molar-refractivity contribution in [2.45, 2.75) is 74.7 Å². The summed E-state index contributed by atoms with van der Waals surface area (Å²) in [5.41, 5.74) is 1.20. The number of hydrogen-bond donors (Lipinski definition) is 3. The van der Waals surface area contributed by atoms with Crippen molar-refractivity contribution in [3.8, 4) is 0 Å². The van der Waals surface area contributed by atoms with Crippen molar-refractivity contribution in [2.75, 3.05) is 6.54 Å². The van der Waals surface area contributed by atoms with E-state index >= 15 is 8.78 Å². The lowest BCUT2D eigenvalue weighted by atomic mass is 9.56. The first kappa shape index (κ1) is 26.0. The molecule has 200 valence electrons. The molecule has 2 heterocycles. The van der Waals surface area contributed by atoms with Crippen LogP contribution < -0.4 is 5.43 Å². The minimum absolute atomic E-state index is 0.0453. The van der Waals surface area contributed by atoms with Crippen molar-refractivity contribution in [1.29, 1.82) is 0 Å². The Hall–Kier alpha value is -2.60. The maximum absolute atomic E-state index is 15.6. The summed E-state index contributed by atoms with van der Waals surface area (Å²) in [6.45, 7) is 3.25. The average Bonchev–Trinajstić information content (AvgIpc) is 3.21. The summed E-state index contributed by atoms with van der Waals surface area (Å²) in [5, 5.41) is 23.6. The second-order valence-electron chi connectivity index (χ2n) is 10.9. The molecule has 3 atom stereocenters. The van der Waals surface area contributed by atoms with E-state index in [2.05, 4.69) is 10.5 Å². The first-order valence-corrected chi connectivity index (χ1v) is 13.9. The lowest BCUT2D eigenvalue weighted by molar-refractivity contribution is -0.0932. The van der Waals surface area contributed by atoms with Gasteiger partial charge in [0.15, 0.2) is 0 Å². The van der Waals surface area contributed by atoms with Crippen molar-refractivity contribution in [3.63, 3.8) is 0 Å². The monoisotopic (exact) mass is 534 g/mol. The van der Waals surface area contributed by atoms with Crippen LogP contribution in [0.15, 0.2) is 47.6 Å². The van der Waals surface area contributed by atoms with Gasteiger partial charge in [0.25, 0.3) is 0 Å². The Balaban J connectivity index is 1.44. The first-order chi connectivity index (χ1) is 17.4. The van der Waals surface area contributed by atoms with Crippen LogP contribution in [0.25, 0.3) is 0 Å². The number of hydrogen-bond acceptors (Lipinski definition) is 7. The Morgan fingerprint density at radius 1 is 1.14 bits per heavy atom. The second kappa shape index (κ2) is 9.30. The van der Waals surface area contributed by atoms with Gasteiger partial charge in [0.1, 0.15) is 23.2 Å². The minimum Gasteiger partial charge on any atom is -0.390 e. The molecule has 2 fully saturated rings. The fraction of sp³-hybridized carbons (Fsp3) is 0.500. The van der Waals surface area contributed by atoms with Gasteiger partial charge in [-0.25, -0.2) is 17.2 Å². The van der Waals surface area contributed by atoms with Crippen LogP contribution in [0.1, 0.15) is 61.5 Å². The molecule has 0 amide bonds. The molecule has 37 heavy (non-hydrogen) atoms. The smallest absolute Gasteiger partial charge is 0.221 e. The first-order valence-electron chi connectivity index (χ1n) is 12.4. The summed E-state index contributed by atoms with van der Waals surface area (Å²) >= 11 is 0. The van der Waals surface area contributed by atoms with Gasteiger partial charge in [-0.2, -0.15) is 9.41 Å². The molecule has 8 nitrogen and oxygen atoms in total. The fourth-order valence-corrected chi connectivity index (χ4v) is 8.41. The van der Waals surface area contributed by atoms with E-state index in [4.69, 9.17) is 0 Å². The number of nitrogens with one attached hydrogen (secondary N) is 1. The third kappa shape index (κ3) is 4.73. The summed E-state index contributed by atoms with van der Waals surface area (Å²) in [6.07, 6.45) is 1.69. The summed E-state index contributed by atoms with van der Waals surface area (Å²) in [4.78, 5) is 1.46. The largest absolute Gasteiger partial charge is 0.390 e. The highest BCUT2D eigenvalue weighted by Gasteiger charge is 2.54. The van der Waals surface area contributed by atoms with Gasteiger partial charge in [0.2, 0.25) is 16.4 Å². The lowest BCUT2D eigenvalue weighted by Crippen LogP contribution is -2.59. The zero-order valence-electron chi connectivity index (χ0n) is 20.8. The molecule has 0 spiro atoms. The van der Waals surface area contributed by atoms with Crippen LogP contribution >= 0.6 is 0 Å². The van der Waals surface area contributed by atoms with Crippen LogP contribution in [0.3, 0.4) is 0 Å². The predicted molar refractivity (Wildman–Crippen MR) is 135 cm³/mol. The number of rotatable bonds is 6. The Labute approximate surface area is 215 Å². The standard InChI is InChI=1S/C26H32F2N4O4S/c1-17-8-9-23(18-6-4-3-5-7-18)37(35,36)32(17)12-19-10-22(28)20(11-21(19)27)26(13-25(2,34)14-26)15-31-16-29-30-24(31)33/h3-7,10-11,16-17,23-24,30,33-34H,8-9,12-15H2,1-2H3/t17-,23+,24?,25?,26?/m0/s1. The van der Waals surface area contributed by atoms with Crippen LogP contribution in [-0.4, -0.2) is 58.7 Å². The highest BCUT2D eigenvalue weighted by molar-refractivity contribution is 7.89. The molecule has 3 aliphatic rings. The zero-order chi connectivity index (χ0) is 26.6. The molecule has 1 unspecified atom stereocenters. The molecule has 1 saturated carbocycles. The summed E-state index contributed by atoms with van der Waals surface area (Å²) in [7, 11) is -3.81. The molecule has 2 aliphatic heterocycles. The Kier molecular flexibility index (Phi) is 6.54. The SMILES string of the molecule is C[C@H]1CC[C@H](c2ccccc2)S(=O)(=O)N1Cc1cc(F)c(C2(CN3C=NNC3O)CC(C)(O)C2)cc1F. The minimum atomic E-state index is -3.81. The maximum atomic E-state index is 15.6. The molecule has 1 saturated heterocycles. The number of aliphatic hydroxyl groups is 2. The highest BCUT2D eigenvalue weighted by atomic mass is 32.2. The molecule has 11 heteroatoms. The van der Waals surface area contributed by atoms with Crippen molar-refractivity contribution in [3.05, 3.63) is 70.8 Å². The normalized spacial score (nSPS) is 33.2. The van der Waals surface area contributed by atoms with Gasteiger partial charge in [-0.15, -0.1) is 0 Å². The third-order valence-corrected chi connectivity index (χ3v) is 10.2. The van der Waals surface area contributed by atoms with E-state index in [1.165, 1.54) is 15.5 Å². The van der Waals surface area contributed by atoms with Crippen molar-refractivity contribution < 1.29 is 27.4 Å². The molecule has 1 aliphatic carbocycles. The summed E-state index contributed by atoms with van der Waals surface area (Å²) in [6, 6.07) is 10.8. The van der Waals surface area contributed by atoms with Crippen LogP contribution in [0, 0.1) is 11.6 Å². The number of aliphatic hydroxyl groups excluding tert-OH is 1. The Morgan fingerprint density at radius 3 is 2.46 bits per heavy atom. The van der Waals surface area contributed by atoms with E-state index in [1.807, 2.05) is 6.07 Å². The number of halogens is 2. The Bertz CT molecular complexity index is 1300. The fourth-order valence-electron chi connectivity index (χ4n) is 6.22. The van der Waals surface area contributed by atoms with Crippen molar-refractivity contribution in [2.24, 2.45) is 5.10 Å². The molecule has 2 aromatic carbocycles. The number of benzene rings is 2.